The van der Waals surface area contributed by atoms with Crippen molar-refractivity contribution < 1.29 is 38.4 Å². The average Bonchev–Trinajstić information content (AvgIpc) is 3.13. The fourth-order valence-corrected chi connectivity index (χ4v) is 6.41. The van der Waals surface area contributed by atoms with Crippen LogP contribution in [0.3, 0.4) is 0 Å². The van der Waals surface area contributed by atoms with Gasteiger partial charge < -0.3 is 33.7 Å². The molecule has 1 aliphatic carbocycles. The summed E-state index contributed by atoms with van der Waals surface area (Å²) in [6.45, 7) is 15.6. The molecule has 1 aromatic carbocycles. The Morgan fingerprint density at radius 3 is 2.19 bits per heavy atom. The first kappa shape index (κ1) is 32.5. The summed E-state index contributed by atoms with van der Waals surface area (Å²) in [7, 11) is 0. The molecule has 2 aliphatic heterocycles. The number of carbonyl (C=O) groups excluding carboxylic acids is 2. The molecule has 1 saturated heterocycles. The molecule has 2 fully saturated rings. The molecule has 0 bridgehead atoms. The Labute approximate surface area is 250 Å². The van der Waals surface area contributed by atoms with Crippen LogP contribution >= 0.6 is 0 Å². The number of hydrogen-bond acceptors (Lipinski definition) is 9. The van der Waals surface area contributed by atoms with Gasteiger partial charge in [0, 0.05) is 19.6 Å². The summed E-state index contributed by atoms with van der Waals surface area (Å²) >= 11 is 0. The molecule has 0 unspecified atom stereocenters. The van der Waals surface area contributed by atoms with Crippen LogP contribution in [0.1, 0.15) is 81.5 Å². The third kappa shape index (κ3) is 8.34. The highest BCUT2D eigenvalue weighted by atomic mass is 16.6. The minimum absolute atomic E-state index is 0.0625. The number of ether oxygens (including phenoxy) is 5. The summed E-state index contributed by atoms with van der Waals surface area (Å²) in [5.74, 6) is -0.701. The topological polar surface area (TPSA) is 104 Å². The predicted octanol–water partition coefficient (Wildman–Crippen LogP) is 4.98. The summed E-state index contributed by atoms with van der Waals surface area (Å²) in [6, 6.07) is 4.08. The quantitative estimate of drug-likeness (QED) is 0.284. The number of esters is 2. The maximum Gasteiger partial charge on any atom is 0.343 e. The molecule has 0 radical (unpaired) electrons. The zero-order valence-electron chi connectivity index (χ0n) is 26.3. The highest BCUT2D eigenvalue weighted by Crippen LogP contribution is 2.47. The van der Waals surface area contributed by atoms with Gasteiger partial charge in [-0.25, -0.2) is 9.59 Å². The number of nitrogens with zero attached hydrogens (tertiary/aromatic N) is 1. The van der Waals surface area contributed by atoms with E-state index in [9.17, 15) is 14.7 Å². The number of aliphatic hydroxyl groups is 1. The lowest BCUT2D eigenvalue weighted by molar-refractivity contribution is -0.160. The van der Waals surface area contributed by atoms with Crippen molar-refractivity contribution in [2.24, 2.45) is 0 Å². The summed E-state index contributed by atoms with van der Waals surface area (Å²) in [5, 5.41) is 11.3. The second-order valence-corrected chi connectivity index (χ2v) is 13.0. The Kier molecular flexibility index (Phi) is 10.7. The standard InChI is InChI=1S/C33H49NO8/c1-22-19-23(2)28(24(3)20-22)29-30(36)33(42-31(29)37)11-7-25(8-12-33)40-26-9-13-34(14-10-26)15-16-38-17-18-39-21-27(35)41-32(4,5)6/h19-20,25-26,36H,7-18,21H2,1-6H3. The van der Waals surface area contributed by atoms with Gasteiger partial charge in [0.2, 0.25) is 0 Å². The SMILES string of the molecule is Cc1cc(C)c(C2=C(O)C3(CCC(OC4CCN(CCOCCOCC(=O)OC(C)(C)C)CC4)CC3)OC2=O)c(C)c1. The molecular weight excluding hydrogens is 538 g/mol. The number of carbonyl (C=O) groups is 2. The second kappa shape index (κ2) is 13.9. The molecule has 9 nitrogen and oxygen atoms in total. The van der Waals surface area contributed by atoms with E-state index in [0.29, 0.717) is 38.2 Å². The van der Waals surface area contributed by atoms with Crippen molar-refractivity contribution in [1.29, 1.82) is 0 Å². The van der Waals surface area contributed by atoms with Crippen molar-refractivity contribution in [3.05, 3.63) is 40.1 Å². The van der Waals surface area contributed by atoms with Crippen LogP contribution in [-0.4, -0.2) is 91.4 Å². The minimum Gasteiger partial charge on any atom is -0.507 e. The first-order valence-corrected chi connectivity index (χ1v) is 15.4. The molecule has 3 aliphatic rings. The number of benzene rings is 1. The maximum atomic E-state index is 13.0. The van der Waals surface area contributed by atoms with Crippen LogP contribution in [0.5, 0.6) is 0 Å². The van der Waals surface area contributed by atoms with Gasteiger partial charge in [0.15, 0.2) is 11.4 Å². The molecule has 1 N–H and O–H groups in total. The lowest BCUT2D eigenvalue weighted by Gasteiger charge is -2.39. The van der Waals surface area contributed by atoms with Gasteiger partial charge in [0.1, 0.15) is 17.8 Å². The molecule has 0 atom stereocenters. The van der Waals surface area contributed by atoms with Gasteiger partial charge in [-0.3, -0.25) is 0 Å². The van der Waals surface area contributed by atoms with E-state index < -0.39 is 17.2 Å². The molecule has 4 rings (SSSR count). The van der Waals surface area contributed by atoms with E-state index in [1.807, 2.05) is 53.7 Å². The van der Waals surface area contributed by atoms with Gasteiger partial charge in [-0.05, 0) is 96.8 Å². The number of piperidine rings is 1. The zero-order valence-corrected chi connectivity index (χ0v) is 26.3. The van der Waals surface area contributed by atoms with Crippen LogP contribution in [0.4, 0.5) is 0 Å². The Balaban J connectivity index is 1.14. The second-order valence-electron chi connectivity index (χ2n) is 13.0. The molecule has 42 heavy (non-hydrogen) atoms. The Morgan fingerprint density at radius 2 is 1.57 bits per heavy atom. The number of aliphatic hydroxyl groups excluding tert-OH is 1. The Bertz CT molecular complexity index is 1110. The smallest absolute Gasteiger partial charge is 0.343 e. The molecule has 1 saturated carbocycles. The fourth-order valence-electron chi connectivity index (χ4n) is 6.41. The van der Waals surface area contributed by atoms with Crippen molar-refractivity contribution in [2.45, 2.75) is 103 Å². The Hall–Kier alpha value is -2.46. The van der Waals surface area contributed by atoms with Crippen LogP contribution in [0.2, 0.25) is 0 Å². The van der Waals surface area contributed by atoms with E-state index in [1.165, 1.54) is 0 Å². The highest BCUT2D eigenvalue weighted by Gasteiger charge is 2.51. The van der Waals surface area contributed by atoms with Crippen molar-refractivity contribution in [3.63, 3.8) is 0 Å². The number of aryl methyl sites for hydroxylation is 3. The Morgan fingerprint density at radius 1 is 0.976 bits per heavy atom. The van der Waals surface area contributed by atoms with E-state index in [2.05, 4.69) is 4.90 Å². The third-order valence-electron chi connectivity index (χ3n) is 8.31. The summed E-state index contributed by atoms with van der Waals surface area (Å²) in [4.78, 5) is 27.0. The number of likely N-dealkylation sites (tertiary alicyclic amines) is 1. The molecule has 0 amide bonds. The lowest BCUT2D eigenvalue weighted by atomic mass is 9.80. The molecule has 1 spiro atoms. The first-order chi connectivity index (χ1) is 19.9. The van der Waals surface area contributed by atoms with Gasteiger partial charge >= 0.3 is 11.9 Å². The first-order valence-electron chi connectivity index (χ1n) is 15.4. The van der Waals surface area contributed by atoms with Crippen molar-refractivity contribution in [1.82, 2.24) is 4.90 Å². The number of hydrogen-bond donors (Lipinski definition) is 1. The summed E-state index contributed by atoms with van der Waals surface area (Å²) < 4.78 is 28.6. The van der Waals surface area contributed by atoms with Gasteiger partial charge in [-0.1, -0.05) is 17.7 Å². The zero-order chi connectivity index (χ0) is 30.5. The van der Waals surface area contributed by atoms with E-state index in [1.54, 1.807) is 0 Å². The van der Waals surface area contributed by atoms with Gasteiger partial charge in [-0.2, -0.15) is 0 Å². The van der Waals surface area contributed by atoms with Crippen LogP contribution in [-0.2, 0) is 33.3 Å². The van der Waals surface area contributed by atoms with Crippen LogP contribution < -0.4 is 0 Å². The van der Waals surface area contributed by atoms with E-state index in [4.69, 9.17) is 23.7 Å². The van der Waals surface area contributed by atoms with Gasteiger partial charge in [0.25, 0.3) is 0 Å². The maximum absolute atomic E-state index is 13.0. The van der Waals surface area contributed by atoms with Crippen LogP contribution in [0.25, 0.3) is 5.57 Å². The van der Waals surface area contributed by atoms with E-state index in [-0.39, 0.29) is 30.5 Å². The minimum atomic E-state index is -0.930. The number of rotatable bonds is 11. The van der Waals surface area contributed by atoms with Gasteiger partial charge in [0.05, 0.1) is 32.0 Å². The lowest BCUT2D eigenvalue weighted by Crippen LogP contribution is -2.43. The highest BCUT2D eigenvalue weighted by molar-refractivity contribution is 6.20. The summed E-state index contributed by atoms with van der Waals surface area (Å²) in [6.07, 6.45) is 4.90. The largest absolute Gasteiger partial charge is 0.507 e. The predicted molar refractivity (Wildman–Crippen MR) is 159 cm³/mol. The van der Waals surface area contributed by atoms with Crippen molar-refractivity contribution in [3.8, 4) is 0 Å². The molecule has 1 aromatic rings. The molecule has 234 valence electrons. The van der Waals surface area contributed by atoms with E-state index >= 15 is 0 Å². The van der Waals surface area contributed by atoms with Crippen LogP contribution in [0, 0.1) is 20.8 Å². The molecule has 0 aromatic heterocycles. The van der Waals surface area contributed by atoms with Crippen molar-refractivity contribution >= 4 is 17.5 Å². The molecule has 9 heteroatoms. The molecule has 2 heterocycles. The van der Waals surface area contributed by atoms with Crippen molar-refractivity contribution in [2.75, 3.05) is 46.1 Å². The fraction of sp³-hybridized carbons (Fsp3) is 0.697. The molecular formula is C33H49NO8. The average molecular weight is 588 g/mol. The van der Waals surface area contributed by atoms with E-state index in [0.717, 1.165) is 67.6 Å². The van der Waals surface area contributed by atoms with Crippen LogP contribution in [0.15, 0.2) is 17.9 Å². The summed E-state index contributed by atoms with van der Waals surface area (Å²) in [5.41, 5.74) is 2.76. The van der Waals surface area contributed by atoms with Gasteiger partial charge in [-0.15, -0.1) is 0 Å². The normalized spacial score (nSPS) is 24.0. The monoisotopic (exact) mass is 587 g/mol. The third-order valence-corrected chi connectivity index (χ3v) is 8.31.